The fourth-order valence-corrected chi connectivity index (χ4v) is 5.83. The number of rotatable bonds is 37. The molecule has 0 aliphatic heterocycles. The highest BCUT2D eigenvalue weighted by molar-refractivity contribution is 7.47. The lowest BCUT2D eigenvalue weighted by Gasteiger charge is -2.15. The molecular formula is C42H74NO8P. The Morgan fingerprint density at radius 1 is 0.596 bits per heavy atom. The van der Waals surface area contributed by atoms with Crippen molar-refractivity contribution < 1.29 is 37.9 Å². The molecule has 2 atom stereocenters. The summed E-state index contributed by atoms with van der Waals surface area (Å²) in [6.07, 6.45) is 44.4. The summed E-state index contributed by atoms with van der Waals surface area (Å²) >= 11 is 0. The van der Waals surface area contributed by atoms with Gasteiger partial charge in [-0.2, -0.15) is 0 Å². The number of aliphatic hydroxyl groups excluding tert-OH is 1. The molecule has 3 N–H and O–H groups in total. The molecule has 0 saturated carbocycles. The van der Waals surface area contributed by atoms with Crippen molar-refractivity contribution in [2.45, 2.75) is 168 Å². The monoisotopic (exact) mass is 752 g/mol. The summed E-state index contributed by atoms with van der Waals surface area (Å²) in [6.45, 7) is 3.42. The van der Waals surface area contributed by atoms with Gasteiger partial charge in [0.05, 0.1) is 13.2 Å². The standard InChI is InChI=1S/C42H74NO8P/c1-3-5-7-9-11-13-15-17-19-20-21-22-24-26-28-30-32-34-41(45)43-36-37-50-52(47,48)51-39-40(44)38-49-42(46)35-33-31-29-27-25-23-18-16-14-12-10-8-6-4-2/h11,13,16-19,21-22,26,28,40,44H,3-10,12,14-15,20,23-25,27,29-39H2,1-2H3,(H,43,45)(H,47,48)/b13-11-,18-16-,19-17-,22-21-,28-26-. The lowest BCUT2D eigenvalue weighted by molar-refractivity contribution is -0.147. The van der Waals surface area contributed by atoms with Crippen LogP contribution in [-0.2, 0) is 27.9 Å². The number of amides is 1. The number of phosphoric acid groups is 1. The van der Waals surface area contributed by atoms with Crippen LogP contribution in [-0.4, -0.2) is 54.3 Å². The molecule has 52 heavy (non-hydrogen) atoms. The molecule has 0 heterocycles. The van der Waals surface area contributed by atoms with E-state index in [-0.39, 0.29) is 32.1 Å². The van der Waals surface area contributed by atoms with Crippen molar-refractivity contribution in [2.24, 2.45) is 0 Å². The zero-order chi connectivity index (χ0) is 38.2. The molecule has 0 aromatic rings. The first kappa shape index (κ1) is 49.7. The van der Waals surface area contributed by atoms with E-state index >= 15 is 0 Å². The van der Waals surface area contributed by atoms with Crippen LogP contribution in [0, 0.1) is 0 Å². The predicted molar refractivity (Wildman–Crippen MR) is 215 cm³/mol. The van der Waals surface area contributed by atoms with Gasteiger partial charge >= 0.3 is 13.8 Å². The number of hydrogen-bond donors (Lipinski definition) is 3. The smallest absolute Gasteiger partial charge is 0.463 e. The van der Waals surface area contributed by atoms with Crippen LogP contribution in [0.5, 0.6) is 0 Å². The predicted octanol–water partition coefficient (Wildman–Crippen LogP) is 10.9. The molecule has 1 amide bonds. The van der Waals surface area contributed by atoms with Gasteiger partial charge in [-0.05, 0) is 77.0 Å². The maximum Gasteiger partial charge on any atom is 0.472 e. The van der Waals surface area contributed by atoms with Crippen molar-refractivity contribution in [2.75, 3.05) is 26.4 Å². The Morgan fingerprint density at radius 2 is 1.06 bits per heavy atom. The Kier molecular flexibility index (Phi) is 36.7. The van der Waals surface area contributed by atoms with Crippen molar-refractivity contribution in [3.05, 3.63) is 60.8 Å². The zero-order valence-corrected chi connectivity index (χ0v) is 33.6. The molecule has 300 valence electrons. The summed E-state index contributed by atoms with van der Waals surface area (Å²) in [5.74, 6) is -0.587. The van der Waals surface area contributed by atoms with Crippen molar-refractivity contribution in [3.8, 4) is 0 Å². The van der Waals surface area contributed by atoms with E-state index in [0.717, 1.165) is 64.2 Å². The summed E-state index contributed by atoms with van der Waals surface area (Å²) in [5.41, 5.74) is 0. The number of phosphoric ester groups is 1. The summed E-state index contributed by atoms with van der Waals surface area (Å²) in [6, 6.07) is 0. The van der Waals surface area contributed by atoms with E-state index < -0.39 is 26.5 Å². The molecule has 0 aromatic heterocycles. The molecule has 0 radical (unpaired) electrons. The number of aliphatic hydroxyl groups is 1. The first-order valence-electron chi connectivity index (χ1n) is 20.3. The van der Waals surface area contributed by atoms with E-state index in [9.17, 15) is 24.2 Å². The van der Waals surface area contributed by atoms with Gasteiger partial charge in [-0.3, -0.25) is 18.6 Å². The molecule has 0 saturated heterocycles. The second-order valence-corrected chi connectivity index (χ2v) is 14.7. The number of esters is 1. The minimum Gasteiger partial charge on any atom is -0.463 e. The van der Waals surface area contributed by atoms with Crippen LogP contribution in [0.3, 0.4) is 0 Å². The SMILES string of the molecule is CCCCC/C=C\C/C=C\C/C=C\C/C=C\CCCC(=O)NCCOP(=O)(O)OCC(O)COC(=O)CCCCCCC/C=C\CCCCCCC. The average Bonchev–Trinajstić information content (AvgIpc) is 3.13. The van der Waals surface area contributed by atoms with E-state index in [4.69, 9.17) is 13.8 Å². The lowest BCUT2D eigenvalue weighted by atomic mass is 10.1. The fraction of sp³-hybridized carbons (Fsp3) is 0.714. The van der Waals surface area contributed by atoms with Gasteiger partial charge in [0.15, 0.2) is 0 Å². The van der Waals surface area contributed by atoms with Crippen LogP contribution >= 0.6 is 7.82 Å². The molecule has 0 fully saturated rings. The number of hydrogen-bond acceptors (Lipinski definition) is 7. The Hall–Kier alpha value is -2.29. The minimum absolute atomic E-state index is 0.0491. The first-order chi connectivity index (χ1) is 25.3. The van der Waals surface area contributed by atoms with Crippen molar-refractivity contribution in [3.63, 3.8) is 0 Å². The summed E-state index contributed by atoms with van der Waals surface area (Å²) in [5, 5.41) is 12.6. The van der Waals surface area contributed by atoms with E-state index in [1.54, 1.807) is 0 Å². The lowest BCUT2D eigenvalue weighted by Crippen LogP contribution is -2.27. The Bertz CT molecular complexity index is 1040. The first-order valence-corrected chi connectivity index (χ1v) is 21.8. The molecule has 0 aliphatic carbocycles. The van der Waals surface area contributed by atoms with Gasteiger partial charge in [0.1, 0.15) is 12.7 Å². The number of carbonyl (C=O) groups is 2. The second-order valence-electron chi connectivity index (χ2n) is 13.2. The highest BCUT2D eigenvalue weighted by atomic mass is 31.2. The third kappa shape index (κ3) is 38.9. The molecular weight excluding hydrogens is 677 g/mol. The maximum atomic E-state index is 12.1. The van der Waals surface area contributed by atoms with Crippen LogP contribution in [0.25, 0.3) is 0 Å². The van der Waals surface area contributed by atoms with E-state index in [0.29, 0.717) is 12.8 Å². The maximum absolute atomic E-state index is 12.1. The van der Waals surface area contributed by atoms with Gasteiger partial charge in [0.25, 0.3) is 0 Å². The molecule has 0 rings (SSSR count). The molecule has 2 unspecified atom stereocenters. The highest BCUT2D eigenvalue weighted by Gasteiger charge is 2.23. The number of unbranched alkanes of at least 4 members (excludes halogenated alkanes) is 14. The third-order valence-corrected chi connectivity index (χ3v) is 9.15. The van der Waals surface area contributed by atoms with E-state index in [1.807, 2.05) is 0 Å². The summed E-state index contributed by atoms with van der Waals surface area (Å²) in [4.78, 5) is 33.8. The van der Waals surface area contributed by atoms with Crippen LogP contribution in [0.2, 0.25) is 0 Å². The summed E-state index contributed by atoms with van der Waals surface area (Å²) < 4.78 is 26.8. The van der Waals surface area contributed by atoms with Gasteiger partial charge < -0.3 is 20.1 Å². The second kappa shape index (κ2) is 38.4. The topological polar surface area (TPSA) is 131 Å². The van der Waals surface area contributed by atoms with Crippen LogP contribution in [0.4, 0.5) is 0 Å². The average molecular weight is 752 g/mol. The Morgan fingerprint density at radius 3 is 1.65 bits per heavy atom. The van der Waals surface area contributed by atoms with Gasteiger partial charge in [-0.1, -0.05) is 132 Å². The number of ether oxygens (including phenoxy) is 1. The number of nitrogens with one attached hydrogen (secondary N) is 1. The quantitative estimate of drug-likeness (QED) is 0.0247. The molecule has 0 bridgehead atoms. The van der Waals surface area contributed by atoms with Crippen molar-refractivity contribution >= 4 is 19.7 Å². The van der Waals surface area contributed by atoms with E-state index in [1.165, 1.54) is 64.2 Å². The Balaban J connectivity index is 3.72. The molecule has 0 aromatic carbocycles. The fourth-order valence-electron chi connectivity index (χ4n) is 5.07. The third-order valence-electron chi connectivity index (χ3n) is 8.17. The van der Waals surface area contributed by atoms with Gasteiger partial charge in [-0.15, -0.1) is 0 Å². The molecule has 0 spiro atoms. The van der Waals surface area contributed by atoms with Crippen LogP contribution in [0.15, 0.2) is 60.8 Å². The van der Waals surface area contributed by atoms with Gasteiger partial charge in [0, 0.05) is 19.4 Å². The van der Waals surface area contributed by atoms with Gasteiger partial charge in [-0.25, -0.2) is 4.57 Å². The number of allylic oxidation sites excluding steroid dienone is 10. The van der Waals surface area contributed by atoms with E-state index in [2.05, 4.69) is 79.9 Å². The van der Waals surface area contributed by atoms with Gasteiger partial charge in [0.2, 0.25) is 5.91 Å². The van der Waals surface area contributed by atoms with Crippen molar-refractivity contribution in [1.29, 1.82) is 0 Å². The Labute approximate surface area is 317 Å². The van der Waals surface area contributed by atoms with Crippen LogP contribution < -0.4 is 5.32 Å². The highest BCUT2D eigenvalue weighted by Crippen LogP contribution is 2.42. The normalized spacial score (nSPS) is 14.0. The molecule has 0 aliphatic rings. The van der Waals surface area contributed by atoms with Crippen LogP contribution in [0.1, 0.15) is 162 Å². The molecule has 9 nitrogen and oxygen atoms in total. The zero-order valence-electron chi connectivity index (χ0n) is 32.7. The minimum atomic E-state index is -4.43. The van der Waals surface area contributed by atoms with Crippen molar-refractivity contribution in [1.82, 2.24) is 5.32 Å². The summed E-state index contributed by atoms with van der Waals surface area (Å²) in [7, 11) is -4.43. The largest absolute Gasteiger partial charge is 0.472 e. The molecule has 10 heteroatoms. The number of carbonyl (C=O) groups excluding carboxylic acids is 2.